The maximum atomic E-state index is 6.44. The van der Waals surface area contributed by atoms with E-state index in [-0.39, 0.29) is 0 Å². The Balaban J connectivity index is 1.26. The maximum absolute atomic E-state index is 6.44. The van der Waals surface area contributed by atoms with Crippen LogP contribution in [0, 0.1) is 0 Å². The number of nitrogens with zero attached hydrogens (tertiary/aromatic N) is 3. The molecule has 1 aromatic carbocycles. The Morgan fingerprint density at radius 1 is 1.23 bits per heavy atom. The van der Waals surface area contributed by atoms with Gasteiger partial charge in [0.25, 0.3) is 0 Å². The molecular formula is C24H34ClN5S. The van der Waals surface area contributed by atoms with Crippen molar-refractivity contribution in [3.63, 3.8) is 0 Å². The van der Waals surface area contributed by atoms with E-state index < -0.39 is 0 Å². The van der Waals surface area contributed by atoms with Gasteiger partial charge in [0, 0.05) is 41.3 Å². The van der Waals surface area contributed by atoms with Crippen molar-refractivity contribution < 1.29 is 0 Å². The molecule has 1 saturated carbocycles. The van der Waals surface area contributed by atoms with Gasteiger partial charge in [-0.25, -0.2) is 0 Å². The van der Waals surface area contributed by atoms with E-state index in [0.717, 1.165) is 45.7 Å². The zero-order chi connectivity index (χ0) is 21.4. The number of anilines is 1. The highest BCUT2D eigenvalue weighted by molar-refractivity contribution is 8.14. The molecule has 7 heteroatoms. The molecule has 2 fully saturated rings. The van der Waals surface area contributed by atoms with E-state index in [1.807, 2.05) is 11.8 Å². The molecule has 31 heavy (non-hydrogen) atoms. The number of nitrogens with one attached hydrogen (secondary N) is 2. The average molecular weight is 460 g/mol. The van der Waals surface area contributed by atoms with E-state index in [1.165, 1.54) is 50.6 Å². The van der Waals surface area contributed by atoms with Crippen LogP contribution in [0.15, 0.2) is 23.2 Å². The monoisotopic (exact) mass is 459 g/mol. The molecule has 0 radical (unpaired) electrons. The number of aromatic amines is 1. The van der Waals surface area contributed by atoms with E-state index in [0.29, 0.717) is 18.1 Å². The predicted molar refractivity (Wildman–Crippen MR) is 135 cm³/mol. The number of hydrogen-bond acceptors (Lipinski definition) is 5. The molecule has 2 aliphatic heterocycles. The second-order valence-electron chi connectivity index (χ2n) is 9.62. The fraction of sp³-hybridized carbons (Fsp3) is 0.625. The van der Waals surface area contributed by atoms with E-state index in [1.54, 1.807) is 0 Å². The van der Waals surface area contributed by atoms with Crippen LogP contribution in [-0.4, -0.2) is 77.4 Å². The molecule has 5 nitrogen and oxygen atoms in total. The van der Waals surface area contributed by atoms with Crippen molar-refractivity contribution in [3.05, 3.63) is 28.9 Å². The van der Waals surface area contributed by atoms with Crippen LogP contribution in [0.5, 0.6) is 0 Å². The van der Waals surface area contributed by atoms with Gasteiger partial charge in [0.1, 0.15) is 5.04 Å². The van der Waals surface area contributed by atoms with Crippen LogP contribution in [-0.2, 0) is 0 Å². The number of aliphatic imine (C=N–C) groups is 1. The summed E-state index contributed by atoms with van der Waals surface area (Å²) in [4.78, 5) is 13.7. The predicted octanol–water partition coefficient (Wildman–Crippen LogP) is 5.06. The molecule has 5 rings (SSSR count). The number of likely N-dealkylation sites (tertiary alicyclic amines) is 1. The second-order valence-corrected chi connectivity index (χ2v) is 11.1. The molecule has 3 aliphatic rings. The van der Waals surface area contributed by atoms with Crippen LogP contribution >= 0.6 is 23.4 Å². The van der Waals surface area contributed by atoms with Gasteiger partial charge in [-0.05, 0) is 64.5 Å². The van der Waals surface area contributed by atoms with Gasteiger partial charge in [0.2, 0.25) is 0 Å². The Bertz CT molecular complexity index is 949. The van der Waals surface area contributed by atoms with Crippen molar-refractivity contribution in [2.45, 2.75) is 56.7 Å². The van der Waals surface area contributed by atoms with Crippen molar-refractivity contribution >= 4 is 45.0 Å². The van der Waals surface area contributed by atoms with E-state index in [2.05, 4.69) is 52.4 Å². The molecular weight excluding hydrogens is 426 g/mol. The van der Waals surface area contributed by atoms with Gasteiger partial charge < -0.3 is 20.1 Å². The number of likely N-dealkylation sites (N-methyl/N-ethyl adjacent to an activating group) is 1. The lowest BCUT2D eigenvalue weighted by molar-refractivity contribution is 0.265. The third kappa shape index (κ3) is 4.92. The summed E-state index contributed by atoms with van der Waals surface area (Å²) in [6, 6.07) is 8.03. The van der Waals surface area contributed by atoms with Crippen molar-refractivity contribution in [3.8, 4) is 0 Å². The fourth-order valence-electron chi connectivity index (χ4n) is 5.21. The quantitative estimate of drug-likeness (QED) is 0.607. The second kappa shape index (κ2) is 9.34. The molecule has 3 heterocycles. The van der Waals surface area contributed by atoms with Crippen molar-refractivity contribution in [2.75, 3.05) is 44.8 Å². The van der Waals surface area contributed by atoms with E-state index in [4.69, 9.17) is 16.6 Å². The summed E-state index contributed by atoms with van der Waals surface area (Å²) in [6.07, 6.45) is 7.57. The number of rotatable bonds is 7. The van der Waals surface area contributed by atoms with Gasteiger partial charge in [0.05, 0.1) is 22.9 Å². The summed E-state index contributed by atoms with van der Waals surface area (Å²) in [7, 11) is 4.39. The summed E-state index contributed by atoms with van der Waals surface area (Å²) in [6.45, 7) is 3.58. The molecule has 1 unspecified atom stereocenters. The molecule has 2 aromatic rings. The number of halogens is 1. The number of aromatic nitrogens is 1. The van der Waals surface area contributed by atoms with Crippen LogP contribution in [0.2, 0.25) is 5.02 Å². The first-order valence-electron chi connectivity index (χ1n) is 11.7. The zero-order valence-corrected chi connectivity index (χ0v) is 20.2. The van der Waals surface area contributed by atoms with Crippen molar-refractivity contribution in [1.82, 2.24) is 14.8 Å². The van der Waals surface area contributed by atoms with E-state index >= 15 is 0 Å². The van der Waals surface area contributed by atoms with Crippen LogP contribution in [0.4, 0.5) is 5.69 Å². The SMILES string of the molecule is CN(C)C1CCN(CC[C@@H]2CSC(c3cc4cc(Cl)cc(NC5CCCC5)c4[nH]3)=N2)C1. The Labute approximate surface area is 195 Å². The van der Waals surface area contributed by atoms with Crippen LogP contribution < -0.4 is 5.32 Å². The van der Waals surface area contributed by atoms with E-state index in [9.17, 15) is 0 Å². The van der Waals surface area contributed by atoms with Gasteiger partial charge in [-0.15, -0.1) is 11.8 Å². The summed E-state index contributed by atoms with van der Waals surface area (Å²) < 4.78 is 0. The molecule has 0 spiro atoms. The summed E-state index contributed by atoms with van der Waals surface area (Å²) in [5, 5.41) is 6.84. The number of H-pyrrole nitrogens is 1. The Morgan fingerprint density at radius 2 is 2.06 bits per heavy atom. The third-order valence-corrected chi connectivity index (χ3v) is 8.48. The molecule has 1 saturated heterocycles. The number of hydrogen-bond donors (Lipinski definition) is 2. The standard InChI is InChI=1S/C24H34ClN5S/c1-29(2)20-8-10-30(14-20)9-7-19-15-31-24(27-19)22-12-16-11-17(25)13-21(23(16)28-22)26-18-5-3-4-6-18/h11-13,18-20,26,28H,3-10,14-15H2,1-2H3/t19-,20?/m1/s1. The summed E-state index contributed by atoms with van der Waals surface area (Å²) in [5.74, 6) is 1.09. The number of benzene rings is 1. The van der Waals surface area contributed by atoms with Gasteiger partial charge in [-0.1, -0.05) is 24.4 Å². The Kier molecular flexibility index (Phi) is 6.52. The topological polar surface area (TPSA) is 46.7 Å². The van der Waals surface area contributed by atoms with Crippen molar-refractivity contribution in [2.24, 2.45) is 4.99 Å². The summed E-state index contributed by atoms with van der Waals surface area (Å²) in [5.41, 5.74) is 3.42. The zero-order valence-electron chi connectivity index (χ0n) is 18.7. The van der Waals surface area contributed by atoms with Gasteiger partial charge >= 0.3 is 0 Å². The first kappa shape index (κ1) is 21.6. The lowest BCUT2D eigenvalue weighted by Gasteiger charge is -2.20. The molecule has 2 N–H and O–H groups in total. The molecule has 0 bridgehead atoms. The lowest BCUT2D eigenvalue weighted by Crippen LogP contribution is -2.32. The normalized spacial score (nSPS) is 25.2. The Morgan fingerprint density at radius 3 is 2.84 bits per heavy atom. The highest BCUT2D eigenvalue weighted by Gasteiger charge is 2.26. The minimum atomic E-state index is 0.421. The van der Waals surface area contributed by atoms with Gasteiger partial charge in [-0.3, -0.25) is 4.99 Å². The van der Waals surface area contributed by atoms with Crippen molar-refractivity contribution in [1.29, 1.82) is 0 Å². The minimum absolute atomic E-state index is 0.421. The first-order valence-corrected chi connectivity index (χ1v) is 13.1. The molecule has 1 aliphatic carbocycles. The highest BCUT2D eigenvalue weighted by atomic mass is 35.5. The molecule has 2 atom stereocenters. The van der Waals surface area contributed by atoms with Gasteiger partial charge in [-0.2, -0.15) is 0 Å². The van der Waals surface area contributed by atoms with Crippen LogP contribution in [0.25, 0.3) is 10.9 Å². The summed E-state index contributed by atoms with van der Waals surface area (Å²) >= 11 is 8.33. The van der Waals surface area contributed by atoms with Gasteiger partial charge in [0.15, 0.2) is 0 Å². The lowest BCUT2D eigenvalue weighted by atomic mass is 10.2. The first-order chi connectivity index (χ1) is 15.0. The third-order valence-electron chi connectivity index (χ3n) is 7.11. The number of fused-ring (bicyclic) bond motifs is 1. The fourth-order valence-corrected chi connectivity index (χ4v) is 6.51. The molecule has 0 amide bonds. The maximum Gasteiger partial charge on any atom is 0.114 e. The highest BCUT2D eigenvalue weighted by Crippen LogP contribution is 2.33. The molecule has 1 aromatic heterocycles. The molecule has 168 valence electrons. The largest absolute Gasteiger partial charge is 0.381 e. The average Bonchev–Trinajstić information content (AvgIpc) is 3.51. The number of thioether (sulfide) groups is 1. The van der Waals surface area contributed by atoms with Crippen LogP contribution in [0.3, 0.4) is 0 Å². The minimum Gasteiger partial charge on any atom is -0.381 e. The smallest absolute Gasteiger partial charge is 0.114 e. The Hall–Kier alpha value is -1.21. The van der Waals surface area contributed by atoms with Crippen LogP contribution in [0.1, 0.15) is 44.2 Å².